The Morgan fingerprint density at radius 3 is 2.81 bits per heavy atom. The molecule has 0 aliphatic rings. The Morgan fingerprint density at radius 1 is 1.44 bits per heavy atom. The predicted octanol–water partition coefficient (Wildman–Crippen LogP) is 1.12. The van der Waals surface area contributed by atoms with Crippen LogP contribution in [-0.2, 0) is 6.54 Å². The van der Waals surface area contributed by atoms with Gasteiger partial charge in [0.2, 0.25) is 5.16 Å². The van der Waals surface area contributed by atoms with E-state index in [9.17, 15) is 4.39 Å². The Kier molecular flexibility index (Phi) is 5.14. The van der Waals surface area contributed by atoms with Crippen molar-refractivity contribution in [1.29, 1.82) is 0 Å². The zero-order valence-electron chi connectivity index (χ0n) is 9.90. The predicted molar refractivity (Wildman–Crippen MR) is 62.3 cm³/mol. The molecule has 0 aromatic carbocycles. The highest BCUT2D eigenvalue weighted by atomic mass is 32.2. The van der Waals surface area contributed by atoms with Gasteiger partial charge in [0.25, 0.3) is 0 Å². The Balaban J connectivity index is 2.38. The van der Waals surface area contributed by atoms with E-state index in [-0.39, 0.29) is 12.2 Å². The maximum atomic E-state index is 12.0. The van der Waals surface area contributed by atoms with Crippen molar-refractivity contribution in [2.24, 2.45) is 0 Å². The Labute approximate surface area is 99.2 Å². The van der Waals surface area contributed by atoms with Gasteiger partial charge in [-0.05, 0) is 31.2 Å². The molecule has 1 N–H and O–H groups in total. The molecule has 1 rings (SSSR count). The van der Waals surface area contributed by atoms with Crippen molar-refractivity contribution in [2.45, 2.75) is 38.0 Å². The molecule has 0 unspecified atom stereocenters. The third-order valence-corrected chi connectivity index (χ3v) is 2.70. The standard InChI is InChI=1S/C9H18FN5S/c1-9(2,3)11-5-6-15-8(12-13-14-15)16-7-4-10/h11H,4-7H2,1-3H3. The van der Waals surface area contributed by atoms with E-state index in [2.05, 4.69) is 41.6 Å². The molecule has 0 radical (unpaired) electrons. The van der Waals surface area contributed by atoms with Gasteiger partial charge in [-0.15, -0.1) is 5.10 Å². The smallest absolute Gasteiger partial charge is 0.209 e. The zero-order chi connectivity index (χ0) is 12.0. The minimum atomic E-state index is -0.363. The number of alkyl halides is 1. The number of nitrogens with zero attached hydrogens (tertiary/aromatic N) is 4. The monoisotopic (exact) mass is 247 g/mol. The van der Waals surface area contributed by atoms with Crippen LogP contribution < -0.4 is 5.32 Å². The molecule has 7 heteroatoms. The number of nitrogens with one attached hydrogen (secondary N) is 1. The lowest BCUT2D eigenvalue weighted by molar-refractivity contribution is 0.396. The van der Waals surface area contributed by atoms with Gasteiger partial charge in [-0.1, -0.05) is 11.8 Å². The summed E-state index contributed by atoms with van der Waals surface area (Å²) in [7, 11) is 0. The second kappa shape index (κ2) is 6.15. The number of rotatable bonds is 6. The summed E-state index contributed by atoms with van der Waals surface area (Å²) in [5, 5.41) is 15.3. The number of thioether (sulfide) groups is 1. The Hall–Kier alpha value is -0.690. The van der Waals surface area contributed by atoms with Gasteiger partial charge in [0.05, 0.1) is 13.2 Å². The van der Waals surface area contributed by atoms with E-state index in [1.165, 1.54) is 11.8 Å². The fourth-order valence-corrected chi connectivity index (χ4v) is 1.74. The molecular weight excluding hydrogens is 229 g/mol. The topological polar surface area (TPSA) is 55.6 Å². The molecule has 0 amide bonds. The van der Waals surface area contributed by atoms with E-state index >= 15 is 0 Å². The molecule has 0 saturated heterocycles. The van der Waals surface area contributed by atoms with E-state index < -0.39 is 0 Å². The maximum absolute atomic E-state index is 12.0. The molecule has 1 aromatic heterocycles. The zero-order valence-corrected chi connectivity index (χ0v) is 10.7. The third kappa shape index (κ3) is 4.89. The molecule has 1 heterocycles. The highest BCUT2D eigenvalue weighted by Gasteiger charge is 2.10. The van der Waals surface area contributed by atoms with E-state index in [1.54, 1.807) is 4.68 Å². The van der Waals surface area contributed by atoms with Gasteiger partial charge in [0, 0.05) is 17.8 Å². The van der Waals surface area contributed by atoms with Crippen molar-refractivity contribution in [3.05, 3.63) is 0 Å². The largest absolute Gasteiger partial charge is 0.310 e. The second-order valence-corrected chi connectivity index (χ2v) is 5.46. The summed E-state index contributed by atoms with van der Waals surface area (Å²) in [6.45, 7) is 7.43. The highest BCUT2D eigenvalue weighted by molar-refractivity contribution is 7.99. The van der Waals surface area contributed by atoms with E-state index in [0.717, 1.165) is 6.54 Å². The molecule has 0 bridgehead atoms. The molecule has 16 heavy (non-hydrogen) atoms. The summed E-state index contributed by atoms with van der Waals surface area (Å²) in [6, 6.07) is 0. The summed E-state index contributed by atoms with van der Waals surface area (Å²) in [5.74, 6) is 0.396. The van der Waals surface area contributed by atoms with Crippen molar-refractivity contribution >= 4 is 11.8 Å². The minimum Gasteiger partial charge on any atom is -0.310 e. The second-order valence-electron chi connectivity index (χ2n) is 4.40. The van der Waals surface area contributed by atoms with Crippen molar-refractivity contribution < 1.29 is 4.39 Å². The highest BCUT2D eigenvalue weighted by Crippen LogP contribution is 2.12. The summed E-state index contributed by atoms with van der Waals surface area (Å²) in [5.41, 5.74) is 0.0836. The van der Waals surface area contributed by atoms with Gasteiger partial charge in [-0.25, -0.2) is 4.68 Å². The van der Waals surface area contributed by atoms with Crippen molar-refractivity contribution in [1.82, 2.24) is 25.5 Å². The number of halogens is 1. The minimum absolute atomic E-state index is 0.0836. The molecule has 5 nitrogen and oxygen atoms in total. The fourth-order valence-electron chi connectivity index (χ4n) is 1.11. The lowest BCUT2D eigenvalue weighted by atomic mass is 10.1. The first-order valence-corrected chi connectivity index (χ1v) is 6.21. The SMILES string of the molecule is CC(C)(C)NCCn1nnnc1SCCF. The van der Waals surface area contributed by atoms with Crippen LogP contribution in [0.3, 0.4) is 0 Å². The van der Waals surface area contributed by atoms with Crippen LogP contribution in [0.1, 0.15) is 20.8 Å². The molecular formula is C9H18FN5S. The lowest BCUT2D eigenvalue weighted by Crippen LogP contribution is -2.38. The van der Waals surface area contributed by atoms with Crippen LogP contribution in [0, 0.1) is 0 Å². The van der Waals surface area contributed by atoms with Crippen molar-refractivity contribution in [3.63, 3.8) is 0 Å². The van der Waals surface area contributed by atoms with Gasteiger partial charge < -0.3 is 5.32 Å². The van der Waals surface area contributed by atoms with Crippen LogP contribution in [-0.4, -0.2) is 44.7 Å². The van der Waals surface area contributed by atoms with Gasteiger partial charge in [0.1, 0.15) is 0 Å². The quantitative estimate of drug-likeness (QED) is 0.764. The Bertz CT molecular complexity index is 309. The normalized spacial score (nSPS) is 12.0. The van der Waals surface area contributed by atoms with Crippen LogP contribution >= 0.6 is 11.8 Å². The summed E-state index contributed by atoms with van der Waals surface area (Å²) >= 11 is 1.34. The summed E-state index contributed by atoms with van der Waals surface area (Å²) in [4.78, 5) is 0. The van der Waals surface area contributed by atoms with E-state index in [4.69, 9.17) is 0 Å². The van der Waals surface area contributed by atoms with Crippen LogP contribution in [0.2, 0.25) is 0 Å². The number of tetrazole rings is 1. The van der Waals surface area contributed by atoms with Gasteiger partial charge in [0.15, 0.2) is 0 Å². The molecule has 1 aromatic rings. The van der Waals surface area contributed by atoms with Crippen LogP contribution in [0.15, 0.2) is 5.16 Å². The van der Waals surface area contributed by atoms with E-state index in [1.807, 2.05) is 0 Å². The van der Waals surface area contributed by atoms with Crippen LogP contribution in [0.5, 0.6) is 0 Å². The molecule has 0 aliphatic heterocycles. The number of hydrogen-bond donors (Lipinski definition) is 1. The van der Waals surface area contributed by atoms with E-state index in [0.29, 0.717) is 17.5 Å². The molecule has 0 saturated carbocycles. The first-order valence-electron chi connectivity index (χ1n) is 5.23. The molecule has 0 fully saturated rings. The third-order valence-electron chi connectivity index (χ3n) is 1.79. The van der Waals surface area contributed by atoms with Crippen molar-refractivity contribution in [3.8, 4) is 0 Å². The fraction of sp³-hybridized carbons (Fsp3) is 0.889. The number of hydrogen-bond acceptors (Lipinski definition) is 5. The molecule has 0 aliphatic carbocycles. The average molecular weight is 247 g/mol. The average Bonchev–Trinajstić information content (AvgIpc) is 2.60. The van der Waals surface area contributed by atoms with Crippen LogP contribution in [0.25, 0.3) is 0 Å². The van der Waals surface area contributed by atoms with Crippen molar-refractivity contribution in [2.75, 3.05) is 19.0 Å². The molecule has 0 atom stereocenters. The molecule has 0 spiro atoms. The first kappa shape index (κ1) is 13.4. The number of aromatic nitrogens is 4. The summed E-state index contributed by atoms with van der Waals surface area (Å²) < 4.78 is 13.7. The first-order chi connectivity index (χ1) is 7.53. The van der Waals surface area contributed by atoms with Crippen LogP contribution in [0.4, 0.5) is 4.39 Å². The molecule has 92 valence electrons. The van der Waals surface area contributed by atoms with Gasteiger partial charge in [-0.2, -0.15) is 0 Å². The summed E-state index contributed by atoms with van der Waals surface area (Å²) in [6.07, 6.45) is 0. The maximum Gasteiger partial charge on any atom is 0.209 e. The lowest BCUT2D eigenvalue weighted by Gasteiger charge is -2.20. The Morgan fingerprint density at radius 2 is 2.19 bits per heavy atom. The van der Waals surface area contributed by atoms with Gasteiger partial charge >= 0.3 is 0 Å². The van der Waals surface area contributed by atoms with Gasteiger partial charge in [-0.3, -0.25) is 4.39 Å².